The van der Waals surface area contributed by atoms with Gasteiger partial charge in [0.25, 0.3) is 5.91 Å². The Kier molecular flexibility index (Phi) is 6.50. The highest BCUT2D eigenvalue weighted by atomic mass is 32.2. The van der Waals surface area contributed by atoms with Crippen molar-refractivity contribution in [2.24, 2.45) is 0 Å². The number of rotatable bonds is 7. The van der Waals surface area contributed by atoms with Gasteiger partial charge in [0.2, 0.25) is 10.0 Å². The van der Waals surface area contributed by atoms with Crippen LogP contribution in [0.3, 0.4) is 0 Å². The second-order valence-electron chi connectivity index (χ2n) is 6.49. The number of hydrogen-bond acceptors (Lipinski definition) is 6. The normalized spacial score (nSPS) is 14.4. The number of benzene rings is 2. The molecule has 1 fully saturated rings. The van der Waals surface area contributed by atoms with E-state index in [9.17, 15) is 18.0 Å². The van der Waals surface area contributed by atoms with Gasteiger partial charge in [-0.15, -0.1) is 0 Å². The summed E-state index contributed by atoms with van der Waals surface area (Å²) in [6, 6.07) is 12.3. The Morgan fingerprint density at radius 2 is 1.76 bits per heavy atom. The van der Waals surface area contributed by atoms with Gasteiger partial charge < -0.3 is 14.8 Å². The van der Waals surface area contributed by atoms with Crippen LogP contribution in [0.1, 0.15) is 23.2 Å². The van der Waals surface area contributed by atoms with Crippen molar-refractivity contribution in [3.8, 4) is 5.75 Å². The van der Waals surface area contributed by atoms with E-state index in [0.29, 0.717) is 24.5 Å². The summed E-state index contributed by atoms with van der Waals surface area (Å²) in [7, 11) is -2.10. The molecule has 29 heavy (non-hydrogen) atoms. The molecule has 0 aliphatic carbocycles. The van der Waals surface area contributed by atoms with Gasteiger partial charge in [0.15, 0.2) is 6.61 Å². The largest absolute Gasteiger partial charge is 0.497 e. The van der Waals surface area contributed by atoms with Crippen LogP contribution in [0.2, 0.25) is 0 Å². The third-order valence-corrected chi connectivity index (χ3v) is 6.38. The quantitative estimate of drug-likeness (QED) is 0.692. The van der Waals surface area contributed by atoms with Gasteiger partial charge in [0.05, 0.1) is 17.6 Å². The van der Waals surface area contributed by atoms with E-state index in [4.69, 9.17) is 9.47 Å². The summed E-state index contributed by atoms with van der Waals surface area (Å²) >= 11 is 0. The van der Waals surface area contributed by atoms with E-state index in [0.717, 1.165) is 12.8 Å². The fourth-order valence-corrected chi connectivity index (χ4v) is 4.51. The van der Waals surface area contributed by atoms with E-state index in [2.05, 4.69) is 5.32 Å². The van der Waals surface area contributed by atoms with Crippen molar-refractivity contribution >= 4 is 27.6 Å². The van der Waals surface area contributed by atoms with E-state index < -0.39 is 28.5 Å². The minimum absolute atomic E-state index is 0.0385. The maximum absolute atomic E-state index is 12.6. The number of hydrogen-bond donors (Lipinski definition) is 1. The summed E-state index contributed by atoms with van der Waals surface area (Å²) < 4.78 is 36.7. The Hall–Kier alpha value is -2.91. The lowest BCUT2D eigenvalue weighted by Gasteiger charge is -2.15. The third-order valence-electron chi connectivity index (χ3n) is 4.48. The minimum atomic E-state index is -3.64. The standard InChI is InChI=1S/C20H22N2O6S/c1-27-17-9-7-16(8-10-17)21-19(23)14-28-20(24)15-5-4-6-18(13-15)29(25,26)22-11-2-3-12-22/h4-10,13H,2-3,11-12,14H2,1H3,(H,21,23). The number of esters is 1. The number of sulfonamides is 1. The first-order chi connectivity index (χ1) is 13.9. The number of carbonyl (C=O) groups is 2. The van der Waals surface area contributed by atoms with Crippen molar-refractivity contribution < 1.29 is 27.5 Å². The van der Waals surface area contributed by atoms with Crippen LogP contribution >= 0.6 is 0 Å². The molecule has 154 valence electrons. The molecule has 3 rings (SSSR count). The van der Waals surface area contributed by atoms with Gasteiger partial charge in [-0.3, -0.25) is 4.79 Å². The van der Waals surface area contributed by atoms with E-state index in [1.54, 1.807) is 31.4 Å². The summed E-state index contributed by atoms with van der Waals surface area (Å²) in [6.45, 7) is 0.457. The third kappa shape index (κ3) is 5.12. The lowest BCUT2D eigenvalue weighted by molar-refractivity contribution is -0.119. The highest BCUT2D eigenvalue weighted by Crippen LogP contribution is 2.22. The van der Waals surface area contributed by atoms with E-state index in [1.807, 2.05) is 0 Å². The first-order valence-electron chi connectivity index (χ1n) is 9.11. The van der Waals surface area contributed by atoms with Crippen molar-refractivity contribution in [2.45, 2.75) is 17.7 Å². The molecule has 1 amide bonds. The fraction of sp³-hybridized carbons (Fsp3) is 0.300. The Labute approximate surface area is 169 Å². The number of methoxy groups -OCH3 is 1. The number of anilines is 1. The SMILES string of the molecule is COc1ccc(NC(=O)COC(=O)c2cccc(S(=O)(=O)N3CCCC3)c2)cc1. The topological polar surface area (TPSA) is 102 Å². The molecule has 1 aliphatic heterocycles. The molecule has 9 heteroatoms. The summed E-state index contributed by atoms with van der Waals surface area (Å²) in [5.74, 6) is -0.629. The maximum Gasteiger partial charge on any atom is 0.338 e. The van der Waals surface area contributed by atoms with Crippen LogP contribution in [0.15, 0.2) is 53.4 Å². The number of nitrogens with zero attached hydrogens (tertiary/aromatic N) is 1. The zero-order valence-electron chi connectivity index (χ0n) is 16.0. The molecule has 0 aromatic heterocycles. The lowest BCUT2D eigenvalue weighted by Crippen LogP contribution is -2.28. The molecule has 8 nitrogen and oxygen atoms in total. The van der Waals surface area contributed by atoms with Crippen LogP contribution in [0, 0.1) is 0 Å². The average Bonchev–Trinajstić information content (AvgIpc) is 3.28. The second-order valence-corrected chi connectivity index (χ2v) is 8.43. The van der Waals surface area contributed by atoms with Gasteiger partial charge in [-0.2, -0.15) is 4.31 Å². The van der Waals surface area contributed by atoms with Gasteiger partial charge >= 0.3 is 5.97 Å². The van der Waals surface area contributed by atoms with Crippen LogP contribution in [-0.4, -0.2) is 51.4 Å². The van der Waals surface area contributed by atoms with Crippen LogP contribution in [-0.2, 0) is 19.6 Å². The van der Waals surface area contributed by atoms with Crippen LogP contribution in [0.25, 0.3) is 0 Å². The molecule has 1 N–H and O–H groups in total. The van der Waals surface area contributed by atoms with Gasteiger partial charge in [-0.25, -0.2) is 13.2 Å². The molecule has 0 atom stereocenters. The number of ether oxygens (including phenoxy) is 2. The molecule has 0 spiro atoms. The molecule has 0 radical (unpaired) electrons. The van der Waals surface area contributed by atoms with Crippen LogP contribution < -0.4 is 10.1 Å². The van der Waals surface area contributed by atoms with Crippen LogP contribution in [0.4, 0.5) is 5.69 Å². The fourth-order valence-electron chi connectivity index (χ4n) is 2.95. The Morgan fingerprint density at radius 1 is 1.07 bits per heavy atom. The molecule has 2 aromatic rings. The van der Waals surface area contributed by atoms with Crippen molar-refractivity contribution in [3.05, 3.63) is 54.1 Å². The second kappa shape index (κ2) is 9.06. The van der Waals surface area contributed by atoms with Crippen molar-refractivity contribution in [2.75, 3.05) is 32.1 Å². The number of carbonyl (C=O) groups excluding carboxylic acids is 2. The molecule has 2 aromatic carbocycles. The van der Waals surface area contributed by atoms with Crippen molar-refractivity contribution in [3.63, 3.8) is 0 Å². The molecule has 1 saturated heterocycles. The molecular weight excluding hydrogens is 396 g/mol. The monoisotopic (exact) mass is 418 g/mol. The predicted octanol–water partition coefficient (Wildman–Crippen LogP) is 2.28. The van der Waals surface area contributed by atoms with Gasteiger partial charge in [-0.05, 0) is 55.3 Å². The van der Waals surface area contributed by atoms with Gasteiger partial charge in [0, 0.05) is 18.8 Å². The predicted molar refractivity (Wildman–Crippen MR) is 106 cm³/mol. The summed E-state index contributed by atoms with van der Waals surface area (Å²) in [6.07, 6.45) is 1.65. The van der Waals surface area contributed by atoms with Crippen molar-refractivity contribution in [1.29, 1.82) is 0 Å². The highest BCUT2D eigenvalue weighted by molar-refractivity contribution is 7.89. The summed E-state index contributed by atoms with van der Waals surface area (Å²) in [5.41, 5.74) is 0.605. The Bertz CT molecular complexity index is 982. The average molecular weight is 418 g/mol. The Morgan fingerprint density at radius 3 is 2.41 bits per heavy atom. The zero-order valence-corrected chi connectivity index (χ0v) is 16.8. The van der Waals surface area contributed by atoms with Crippen molar-refractivity contribution in [1.82, 2.24) is 4.31 Å². The van der Waals surface area contributed by atoms with Gasteiger partial charge in [0.1, 0.15) is 5.75 Å². The first kappa shape index (κ1) is 20.8. The summed E-state index contributed by atoms with van der Waals surface area (Å²) in [4.78, 5) is 24.3. The summed E-state index contributed by atoms with van der Waals surface area (Å²) in [5, 5.41) is 2.60. The maximum atomic E-state index is 12.6. The van der Waals surface area contributed by atoms with E-state index in [-0.39, 0.29) is 10.5 Å². The lowest BCUT2D eigenvalue weighted by atomic mass is 10.2. The van der Waals surface area contributed by atoms with Gasteiger partial charge in [-0.1, -0.05) is 6.07 Å². The molecule has 0 unspecified atom stereocenters. The molecule has 0 bridgehead atoms. The minimum Gasteiger partial charge on any atom is -0.497 e. The van der Waals surface area contributed by atoms with E-state index in [1.165, 1.54) is 28.6 Å². The molecule has 1 heterocycles. The zero-order chi connectivity index (χ0) is 20.9. The first-order valence-corrected chi connectivity index (χ1v) is 10.6. The number of amides is 1. The molecule has 1 aliphatic rings. The Balaban J connectivity index is 1.59. The van der Waals surface area contributed by atoms with Crippen LogP contribution in [0.5, 0.6) is 5.75 Å². The smallest absolute Gasteiger partial charge is 0.338 e. The molecular formula is C20H22N2O6S. The highest BCUT2D eigenvalue weighted by Gasteiger charge is 2.27. The number of nitrogens with one attached hydrogen (secondary N) is 1. The van der Waals surface area contributed by atoms with E-state index >= 15 is 0 Å². The molecule has 0 saturated carbocycles.